The molecule has 1 saturated heterocycles. The lowest BCUT2D eigenvalue weighted by Gasteiger charge is -2.32. The molecule has 14 heavy (non-hydrogen) atoms. The van der Waals surface area contributed by atoms with Gasteiger partial charge in [-0.1, -0.05) is 24.6 Å². The number of likely N-dealkylation sites (tertiary alicyclic amines) is 1. The van der Waals surface area contributed by atoms with Crippen LogP contribution in [0, 0.1) is 0 Å². The molecule has 1 aliphatic rings. The van der Waals surface area contributed by atoms with E-state index in [-0.39, 0.29) is 0 Å². The molecule has 1 aliphatic heterocycles. The Hall–Kier alpha value is -0.0500. The topological polar surface area (TPSA) is 15.3 Å². The highest BCUT2D eigenvalue weighted by molar-refractivity contribution is 6.25. The van der Waals surface area contributed by atoms with Crippen molar-refractivity contribution in [1.29, 1.82) is 0 Å². The number of halogens is 1. The standard InChI is InChI=1S/C11H21ClN2/c1-2-7-13-11-5-3-8-14(10-11)9-4-6-12/h4,6,11,13H,2-3,5,7-10H2,1H3/b6-4+. The number of piperidine rings is 1. The minimum atomic E-state index is 0.687. The van der Waals surface area contributed by atoms with Crippen molar-refractivity contribution >= 4 is 11.6 Å². The van der Waals surface area contributed by atoms with E-state index >= 15 is 0 Å². The van der Waals surface area contributed by atoms with Crippen molar-refractivity contribution in [2.45, 2.75) is 32.2 Å². The van der Waals surface area contributed by atoms with Gasteiger partial charge >= 0.3 is 0 Å². The number of rotatable bonds is 5. The molecular weight excluding hydrogens is 196 g/mol. The second-order valence-electron chi connectivity index (χ2n) is 3.91. The van der Waals surface area contributed by atoms with Gasteiger partial charge in [0.1, 0.15) is 0 Å². The molecule has 0 aromatic rings. The first-order valence-electron chi connectivity index (χ1n) is 5.57. The highest BCUT2D eigenvalue weighted by atomic mass is 35.5. The molecule has 2 nitrogen and oxygen atoms in total. The molecule has 0 bridgehead atoms. The predicted octanol–water partition coefficient (Wildman–Crippen LogP) is 2.20. The maximum Gasteiger partial charge on any atom is 0.0195 e. The van der Waals surface area contributed by atoms with Crippen molar-refractivity contribution in [2.24, 2.45) is 0 Å². The van der Waals surface area contributed by atoms with Gasteiger partial charge in [-0.3, -0.25) is 4.90 Å². The van der Waals surface area contributed by atoms with Crippen molar-refractivity contribution in [3.63, 3.8) is 0 Å². The first-order chi connectivity index (χ1) is 6.86. The van der Waals surface area contributed by atoms with Crippen LogP contribution < -0.4 is 5.32 Å². The monoisotopic (exact) mass is 216 g/mol. The average Bonchev–Trinajstić information content (AvgIpc) is 2.24. The molecule has 0 saturated carbocycles. The summed E-state index contributed by atoms with van der Waals surface area (Å²) in [6, 6.07) is 0.687. The first-order valence-corrected chi connectivity index (χ1v) is 6.01. The van der Waals surface area contributed by atoms with E-state index in [0.717, 1.165) is 13.1 Å². The van der Waals surface area contributed by atoms with Crippen LogP contribution in [-0.4, -0.2) is 37.1 Å². The van der Waals surface area contributed by atoms with Crippen molar-refractivity contribution < 1.29 is 0 Å². The van der Waals surface area contributed by atoms with Crippen LogP contribution in [0.1, 0.15) is 26.2 Å². The molecule has 0 spiro atoms. The SMILES string of the molecule is CCCNC1CCCN(C/C=C/Cl)C1. The van der Waals surface area contributed by atoms with Gasteiger partial charge in [-0.25, -0.2) is 0 Å². The lowest BCUT2D eigenvalue weighted by molar-refractivity contribution is 0.208. The zero-order chi connectivity index (χ0) is 10.2. The zero-order valence-corrected chi connectivity index (χ0v) is 9.76. The Balaban J connectivity index is 2.21. The van der Waals surface area contributed by atoms with E-state index in [4.69, 9.17) is 11.6 Å². The van der Waals surface area contributed by atoms with E-state index in [0.29, 0.717) is 6.04 Å². The molecule has 1 rings (SSSR count). The van der Waals surface area contributed by atoms with Crippen molar-refractivity contribution in [1.82, 2.24) is 10.2 Å². The number of hydrogen-bond donors (Lipinski definition) is 1. The molecule has 82 valence electrons. The summed E-state index contributed by atoms with van der Waals surface area (Å²) in [5.41, 5.74) is 1.61. The van der Waals surface area contributed by atoms with Gasteiger partial charge in [0.2, 0.25) is 0 Å². The van der Waals surface area contributed by atoms with Gasteiger partial charge in [-0.15, -0.1) is 0 Å². The second kappa shape index (κ2) is 7.27. The molecule has 0 radical (unpaired) electrons. The largest absolute Gasteiger partial charge is 0.313 e. The summed E-state index contributed by atoms with van der Waals surface area (Å²) >= 11 is 5.52. The van der Waals surface area contributed by atoms with Crippen LogP contribution in [0.25, 0.3) is 0 Å². The minimum Gasteiger partial charge on any atom is -0.313 e. The summed E-state index contributed by atoms with van der Waals surface area (Å²) in [5, 5.41) is 3.58. The molecule has 0 aliphatic carbocycles. The Labute approximate surface area is 92.3 Å². The zero-order valence-electron chi connectivity index (χ0n) is 9.01. The molecular formula is C11H21ClN2. The maximum atomic E-state index is 5.52. The van der Waals surface area contributed by atoms with Crippen LogP contribution >= 0.6 is 11.6 Å². The lowest BCUT2D eigenvalue weighted by Crippen LogP contribution is -2.45. The van der Waals surface area contributed by atoms with E-state index in [2.05, 4.69) is 17.1 Å². The van der Waals surface area contributed by atoms with Gasteiger partial charge in [0.05, 0.1) is 0 Å². The Kier molecular flexibility index (Phi) is 6.24. The van der Waals surface area contributed by atoms with Crippen LogP contribution in [0.5, 0.6) is 0 Å². The van der Waals surface area contributed by atoms with Crippen LogP contribution in [0.3, 0.4) is 0 Å². The molecule has 1 N–H and O–H groups in total. The fraction of sp³-hybridized carbons (Fsp3) is 0.818. The highest BCUT2D eigenvalue weighted by Gasteiger charge is 2.17. The van der Waals surface area contributed by atoms with Gasteiger partial charge in [0.15, 0.2) is 0 Å². The van der Waals surface area contributed by atoms with Crippen molar-refractivity contribution in [3.8, 4) is 0 Å². The average molecular weight is 217 g/mol. The van der Waals surface area contributed by atoms with Crippen molar-refractivity contribution in [2.75, 3.05) is 26.2 Å². The molecule has 1 unspecified atom stereocenters. The lowest BCUT2D eigenvalue weighted by atomic mass is 10.1. The Morgan fingerprint density at radius 3 is 3.14 bits per heavy atom. The number of hydrogen-bond acceptors (Lipinski definition) is 2. The third kappa shape index (κ3) is 4.45. The Bertz CT molecular complexity index is 171. The molecule has 0 aromatic carbocycles. The van der Waals surface area contributed by atoms with E-state index in [1.165, 1.54) is 32.4 Å². The van der Waals surface area contributed by atoms with Crippen molar-refractivity contribution in [3.05, 3.63) is 11.6 Å². The normalized spacial score (nSPS) is 24.6. The molecule has 1 heterocycles. The van der Waals surface area contributed by atoms with Gasteiger partial charge < -0.3 is 5.32 Å². The van der Waals surface area contributed by atoms with Crippen LogP contribution in [0.4, 0.5) is 0 Å². The smallest absolute Gasteiger partial charge is 0.0195 e. The van der Waals surface area contributed by atoms with E-state index in [1.54, 1.807) is 5.54 Å². The van der Waals surface area contributed by atoms with Gasteiger partial charge in [0, 0.05) is 24.7 Å². The molecule has 3 heteroatoms. The molecule has 1 fully saturated rings. The fourth-order valence-electron chi connectivity index (χ4n) is 1.93. The predicted molar refractivity (Wildman–Crippen MR) is 62.7 cm³/mol. The maximum absolute atomic E-state index is 5.52. The fourth-order valence-corrected chi connectivity index (χ4v) is 2.01. The molecule has 0 aromatic heterocycles. The summed E-state index contributed by atoms with van der Waals surface area (Å²) in [5.74, 6) is 0. The summed E-state index contributed by atoms with van der Waals surface area (Å²) in [7, 11) is 0. The summed E-state index contributed by atoms with van der Waals surface area (Å²) in [4.78, 5) is 2.45. The summed E-state index contributed by atoms with van der Waals surface area (Å²) < 4.78 is 0. The second-order valence-corrected chi connectivity index (χ2v) is 4.17. The van der Waals surface area contributed by atoms with Gasteiger partial charge in [0.25, 0.3) is 0 Å². The van der Waals surface area contributed by atoms with E-state index in [1.807, 2.05) is 6.08 Å². The van der Waals surface area contributed by atoms with Crippen LogP contribution in [0.2, 0.25) is 0 Å². The quantitative estimate of drug-likeness (QED) is 0.758. The summed E-state index contributed by atoms with van der Waals surface area (Å²) in [6.45, 7) is 6.73. The Morgan fingerprint density at radius 2 is 2.43 bits per heavy atom. The molecule has 0 amide bonds. The first kappa shape index (κ1) is 12.0. The molecule has 1 atom stereocenters. The minimum absolute atomic E-state index is 0.687. The van der Waals surface area contributed by atoms with Crippen LogP contribution in [0.15, 0.2) is 11.6 Å². The van der Waals surface area contributed by atoms with Gasteiger partial charge in [-0.05, 0) is 32.4 Å². The highest BCUT2D eigenvalue weighted by Crippen LogP contribution is 2.09. The number of nitrogens with zero attached hydrogens (tertiary/aromatic N) is 1. The van der Waals surface area contributed by atoms with Crippen LogP contribution in [-0.2, 0) is 0 Å². The Morgan fingerprint density at radius 1 is 1.57 bits per heavy atom. The van der Waals surface area contributed by atoms with E-state index in [9.17, 15) is 0 Å². The number of nitrogens with one attached hydrogen (secondary N) is 1. The summed E-state index contributed by atoms with van der Waals surface area (Å²) in [6.07, 6.45) is 5.86. The third-order valence-corrected chi connectivity index (χ3v) is 2.82. The van der Waals surface area contributed by atoms with Gasteiger partial charge in [-0.2, -0.15) is 0 Å². The van der Waals surface area contributed by atoms with E-state index < -0.39 is 0 Å². The third-order valence-electron chi connectivity index (χ3n) is 2.64.